The van der Waals surface area contributed by atoms with Gasteiger partial charge in [0.05, 0.1) is 10.9 Å². The Bertz CT molecular complexity index is 1110. The molecule has 0 saturated heterocycles. The molecule has 0 unspecified atom stereocenters. The van der Waals surface area contributed by atoms with Crippen LogP contribution in [0.25, 0.3) is 10.9 Å². The van der Waals surface area contributed by atoms with Gasteiger partial charge in [0, 0.05) is 18.6 Å². The molecule has 4 rings (SSSR count). The van der Waals surface area contributed by atoms with Gasteiger partial charge in [0.2, 0.25) is 12.2 Å². The number of nitrogens with one attached hydrogen (secondary N) is 1. The lowest BCUT2D eigenvalue weighted by Gasteiger charge is -2.09. The molecule has 0 saturated carbocycles. The lowest BCUT2D eigenvalue weighted by atomic mass is 10.1. The van der Waals surface area contributed by atoms with Crippen molar-refractivity contribution in [2.75, 3.05) is 13.3 Å². The Hall–Kier alpha value is -3.06. The molecule has 1 amide bonds. The van der Waals surface area contributed by atoms with Crippen LogP contribution in [0.1, 0.15) is 16.1 Å². The third-order valence-corrected chi connectivity index (χ3v) is 4.60. The highest BCUT2D eigenvalue weighted by atomic mass is 35.5. The van der Waals surface area contributed by atoms with Gasteiger partial charge in [0.25, 0.3) is 5.91 Å². The fourth-order valence-corrected chi connectivity index (χ4v) is 3.17. The monoisotopic (exact) mass is 385 g/mol. The van der Waals surface area contributed by atoms with Gasteiger partial charge >= 0.3 is 0 Å². The van der Waals surface area contributed by atoms with E-state index in [9.17, 15) is 9.59 Å². The summed E-state index contributed by atoms with van der Waals surface area (Å²) in [7, 11) is 1.68. The van der Waals surface area contributed by atoms with Crippen molar-refractivity contribution in [2.45, 2.75) is 6.42 Å². The summed E-state index contributed by atoms with van der Waals surface area (Å²) in [6, 6.07) is 10.6. The summed E-state index contributed by atoms with van der Waals surface area (Å²) in [6.45, 7) is 0.577. The van der Waals surface area contributed by atoms with E-state index in [0.29, 0.717) is 40.4 Å². The summed E-state index contributed by atoms with van der Waals surface area (Å²) >= 11 is 5.98. The van der Waals surface area contributed by atoms with Crippen molar-refractivity contribution in [1.29, 1.82) is 0 Å². The van der Waals surface area contributed by atoms with Crippen LogP contribution < -0.4 is 20.2 Å². The summed E-state index contributed by atoms with van der Waals surface area (Å²) in [5.41, 5.74) is 1.01. The number of ether oxygens (including phenoxy) is 2. The molecule has 3 aromatic rings. The molecule has 0 bridgehead atoms. The van der Waals surface area contributed by atoms with Crippen molar-refractivity contribution in [1.82, 2.24) is 15.1 Å². The molecule has 1 N–H and O–H groups in total. The average molecular weight is 386 g/mol. The number of rotatable bonds is 4. The zero-order chi connectivity index (χ0) is 19.0. The van der Waals surface area contributed by atoms with Gasteiger partial charge in [-0.25, -0.2) is 0 Å². The normalized spacial score (nSPS) is 12.4. The third kappa shape index (κ3) is 3.33. The molecule has 138 valence electrons. The second-order valence-electron chi connectivity index (χ2n) is 6.16. The highest BCUT2D eigenvalue weighted by Crippen LogP contribution is 2.32. The smallest absolute Gasteiger partial charge is 0.275 e. The van der Waals surface area contributed by atoms with E-state index in [2.05, 4.69) is 10.4 Å². The van der Waals surface area contributed by atoms with Crippen LogP contribution in [-0.4, -0.2) is 29.0 Å². The van der Waals surface area contributed by atoms with Crippen molar-refractivity contribution < 1.29 is 14.3 Å². The second-order valence-corrected chi connectivity index (χ2v) is 6.59. The number of benzene rings is 2. The Morgan fingerprint density at radius 2 is 2.04 bits per heavy atom. The first-order valence-electron chi connectivity index (χ1n) is 8.36. The van der Waals surface area contributed by atoms with E-state index in [4.69, 9.17) is 21.1 Å². The van der Waals surface area contributed by atoms with E-state index < -0.39 is 11.3 Å². The minimum Gasteiger partial charge on any atom is -0.454 e. The number of carbonyl (C=O) groups is 1. The van der Waals surface area contributed by atoms with Crippen molar-refractivity contribution in [3.8, 4) is 11.5 Å². The topological polar surface area (TPSA) is 82.5 Å². The molecule has 2 heterocycles. The van der Waals surface area contributed by atoms with Crippen LogP contribution in [0.2, 0.25) is 5.02 Å². The fourth-order valence-electron chi connectivity index (χ4n) is 3.00. The Morgan fingerprint density at radius 1 is 1.22 bits per heavy atom. The summed E-state index contributed by atoms with van der Waals surface area (Å²) in [5.74, 6) is 0.893. The van der Waals surface area contributed by atoms with Gasteiger partial charge in [-0.1, -0.05) is 17.7 Å². The van der Waals surface area contributed by atoms with Crippen LogP contribution in [0.3, 0.4) is 0 Å². The Morgan fingerprint density at radius 3 is 2.89 bits per heavy atom. The van der Waals surface area contributed by atoms with Gasteiger partial charge in [0.15, 0.2) is 17.2 Å². The minimum absolute atomic E-state index is 0.155. The summed E-state index contributed by atoms with van der Waals surface area (Å²) in [4.78, 5) is 25.1. The van der Waals surface area contributed by atoms with E-state index in [1.807, 2.05) is 18.2 Å². The summed E-state index contributed by atoms with van der Waals surface area (Å²) in [6.07, 6.45) is 0.585. The number of nitrogens with zero attached hydrogens (tertiary/aromatic N) is 2. The van der Waals surface area contributed by atoms with Crippen molar-refractivity contribution in [3.05, 3.63) is 62.9 Å². The molecular weight excluding hydrogens is 370 g/mol. The molecule has 0 atom stereocenters. The molecule has 8 heteroatoms. The number of aromatic nitrogens is 2. The van der Waals surface area contributed by atoms with Crippen molar-refractivity contribution in [3.63, 3.8) is 0 Å². The molecule has 1 aliphatic heterocycles. The van der Waals surface area contributed by atoms with E-state index in [-0.39, 0.29) is 12.5 Å². The first kappa shape index (κ1) is 17.4. The van der Waals surface area contributed by atoms with Gasteiger partial charge in [-0.3, -0.25) is 14.3 Å². The van der Waals surface area contributed by atoms with Crippen LogP contribution >= 0.6 is 11.6 Å². The zero-order valence-corrected chi connectivity index (χ0v) is 15.2. The summed E-state index contributed by atoms with van der Waals surface area (Å²) < 4.78 is 12.1. The quantitative estimate of drug-likeness (QED) is 0.745. The Kier molecular flexibility index (Phi) is 4.45. The maximum atomic E-state index is 12.6. The zero-order valence-electron chi connectivity index (χ0n) is 14.5. The van der Waals surface area contributed by atoms with Crippen molar-refractivity contribution in [2.24, 2.45) is 7.05 Å². The van der Waals surface area contributed by atoms with Gasteiger partial charge in [-0.05, 0) is 42.3 Å². The fraction of sp³-hybridized carbons (Fsp3) is 0.211. The van der Waals surface area contributed by atoms with Crippen molar-refractivity contribution >= 4 is 28.4 Å². The summed E-state index contributed by atoms with van der Waals surface area (Å²) in [5, 5.41) is 7.65. The number of hydrogen-bond acceptors (Lipinski definition) is 5. The predicted molar refractivity (Wildman–Crippen MR) is 101 cm³/mol. The van der Waals surface area contributed by atoms with E-state index in [1.54, 1.807) is 25.2 Å². The molecular formula is C19H16ClN3O4. The minimum atomic E-state index is -0.516. The average Bonchev–Trinajstić information content (AvgIpc) is 3.12. The highest BCUT2D eigenvalue weighted by Gasteiger charge is 2.17. The maximum absolute atomic E-state index is 12.6. The van der Waals surface area contributed by atoms with Crippen LogP contribution in [0.5, 0.6) is 11.5 Å². The van der Waals surface area contributed by atoms with Gasteiger partial charge in [-0.2, -0.15) is 5.10 Å². The number of carbonyl (C=O) groups excluding carboxylic acids is 1. The largest absolute Gasteiger partial charge is 0.454 e. The Labute approximate surface area is 159 Å². The first-order chi connectivity index (χ1) is 13.0. The number of amides is 1. The van der Waals surface area contributed by atoms with Gasteiger partial charge in [0.1, 0.15) is 0 Å². The number of halogens is 1. The second kappa shape index (κ2) is 6.92. The number of aryl methyl sites for hydroxylation is 1. The lowest BCUT2D eigenvalue weighted by Crippen LogP contribution is -2.33. The third-order valence-electron chi connectivity index (χ3n) is 4.37. The predicted octanol–water partition coefficient (Wildman–Crippen LogP) is 2.29. The van der Waals surface area contributed by atoms with Gasteiger partial charge in [-0.15, -0.1) is 0 Å². The van der Waals surface area contributed by atoms with Crippen LogP contribution in [0, 0.1) is 0 Å². The molecule has 0 spiro atoms. The SMILES string of the molecule is Cn1nc(C(=O)NCCc2ccc3c(c2)OCO3)c(=O)c2cc(Cl)ccc21. The molecule has 0 radical (unpaired) electrons. The van der Waals surface area contributed by atoms with E-state index >= 15 is 0 Å². The number of fused-ring (bicyclic) bond motifs is 2. The molecule has 0 fully saturated rings. The highest BCUT2D eigenvalue weighted by molar-refractivity contribution is 6.31. The van der Waals surface area contributed by atoms with Crippen LogP contribution in [-0.2, 0) is 13.5 Å². The number of hydrogen-bond donors (Lipinski definition) is 1. The molecule has 1 aromatic heterocycles. The Balaban J connectivity index is 1.50. The van der Waals surface area contributed by atoms with E-state index in [1.165, 1.54) is 4.68 Å². The van der Waals surface area contributed by atoms with Crippen LogP contribution in [0.4, 0.5) is 0 Å². The molecule has 7 nitrogen and oxygen atoms in total. The molecule has 27 heavy (non-hydrogen) atoms. The lowest BCUT2D eigenvalue weighted by molar-refractivity contribution is 0.0946. The maximum Gasteiger partial charge on any atom is 0.275 e. The standard InChI is InChI=1S/C19H16ClN3O4/c1-23-14-4-3-12(20)9-13(14)18(24)17(22-23)19(25)21-7-6-11-2-5-15-16(8-11)27-10-26-15/h2-5,8-9H,6-7,10H2,1H3,(H,21,25). The molecule has 2 aromatic carbocycles. The van der Waals surface area contributed by atoms with Gasteiger partial charge < -0.3 is 14.8 Å². The van der Waals surface area contributed by atoms with Crippen LogP contribution in [0.15, 0.2) is 41.2 Å². The molecule has 1 aliphatic rings. The van der Waals surface area contributed by atoms with E-state index in [0.717, 1.165) is 5.56 Å². The first-order valence-corrected chi connectivity index (χ1v) is 8.74. The molecule has 0 aliphatic carbocycles.